The number of amides is 1. The molecule has 0 aliphatic carbocycles. The van der Waals surface area contributed by atoms with Crippen LogP contribution in [-0.2, 0) is 0 Å². The van der Waals surface area contributed by atoms with Gasteiger partial charge in [0.1, 0.15) is 5.75 Å². The number of rotatable bonds is 6. The summed E-state index contributed by atoms with van der Waals surface area (Å²) in [5.74, 6) is 0.854. The van der Waals surface area contributed by atoms with E-state index in [0.717, 1.165) is 33.1 Å². The molecule has 128 valence electrons. The molecule has 6 heteroatoms. The summed E-state index contributed by atoms with van der Waals surface area (Å²) in [4.78, 5) is 15.5. The van der Waals surface area contributed by atoms with Crippen molar-refractivity contribution in [2.45, 2.75) is 18.9 Å². The molecule has 0 spiro atoms. The minimum atomic E-state index is -0.0233. The van der Waals surface area contributed by atoms with Crippen molar-refractivity contribution in [3.05, 3.63) is 50.6 Å². The first-order valence-corrected chi connectivity index (χ1v) is 9.70. The van der Waals surface area contributed by atoms with Gasteiger partial charge in [-0.1, -0.05) is 18.2 Å². The number of halogens is 1. The lowest BCUT2D eigenvalue weighted by atomic mass is 10.0. The van der Waals surface area contributed by atoms with E-state index in [1.807, 2.05) is 30.3 Å². The maximum absolute atomic E-state index is 12.4. The summed E-state index contributed by atoms with van der Waals surface area (Å²) in [5.41, 5.74) is 1.13. The van der Waals surface area contributed by atoms with Crippen LogP contribution in [0.4, 0.5) is 0 Å². The second-order valence-electron chi connectivity index (χ2n) is 5.81. The molecular weight excluding hydrogens is 388 g/mol. The highest BCUT2D eigenvalue weighted by atomic mass is 79.9. The van der Waals surface area contributed by atoms with Gasteiger partial charge in [-0.05, 0) is 60.1 Å². The summed E-state index contributed by atoms with van der Waals surface area (Å²) in [6.07, 6.45) is 2.41. The Morgan fingerprint density at radius 2 is 2.04 bits per heavy atom. The fraction of sp³-hybridized carbons (Fsp3) is 0.389. The van der Waals surface area contributed by atoms with Gasteiger partial charge in [0.2, 0.25) is 0 Å². The molecule has 1 fully saturated rings. The summed E-state index contributed by atoms with van der Waals surface area (Å²) in [7, 11) is 1.70. The van der Waals surface area contributed by atoms with Crippen molar-refractivity contribution in [2.75, 3.05) is 26.7 Å². The molecule has 24 heavy (non-hydrogen) atoms. The number of likely N-dealkylation sites (tertiary alicyclic amines) is 1. The fourth-order valence-electron chi connectivity index (χ4n) is 3.14. The van der Waals surface area contributed by atoms with Crippen LogP contribution >= 0.6 is 27.3 Å². The third kappa shape index (κ3) is 3.99. The van der Waals surface area contributed by atoms with Gasteiger partial charge in [0, 0.05) is 12.1 Å². The van der Waals surface area contributed by atoms with Crippen molar-refractivity contribution in [1.29, 1.82) is 0 Å². The van der Waals surface area contributed by atoms with Crippen molar-refractivity contribution >= 4 is 33.2 Å². The number of carbonyl (C=O) groups is 1. The van der Waals surface area contributed by atoms with Gasteiger partial charge in [0.05, 0.1) is 21.8 Å². The van der Waals surface area contributed by atoms with Crippen molar-refractivity contribution in [3.8, 4) is 5.75 Å². The highest BCUT2D eigenvalue weighted by Gasteiger charge is 2.26. The minimum Gasteiger partial charge on any atom is -0.496 e. The third-order valence-electron chi connectivity index (χ3n) is 4.33. The Labute approximate surface area is 154 Å². The average Bonchev–Trinajstić information content (AvgIpc) is 3.27. The maximum Gasteiger partial charge on any atom is 0.261 e. The first-order chi connectivity index (χ1) is 11.7. The lowest BCUT2D eigenvalue weighted by molar-refractivity contribution is 0.0941. The van der Waals surface area contributed by atoms with Gasteiger partial charge in [0.15, 0.2) is 0 Å². The molecule has 1 aliphatic heterocycles. The molecule has 1 atom stereocenters. The smallest absolute Gasteiger partial charge is 0.261 e. The van der Waals surface area contributed by atoms with Crippen LogP contribution < -0.4 is 10.1 Å². The van der Waals surface area contributed by atoms with E-state index in [0.29, 0.717) is 6.54 Å². The van der Waals surface area contributed by atoms with Crippen molar-refractivity contribution < 1.29 is 9.53 Å². The Balaban J connectivity index is 1.76. The predicted octanol–water partition coefficient (Wildman–Crippen LogP) is 4.09. The second-order valence-corrected chi connectivity index (χ2v) is 8.28. The van der Waals surface area contributed by atoms with Crippen molar-refractivity contribution in [1.82, 2.24) is 10.2 Å². The molecule has 1 aromatic heterocycles. The fourth-order valence-corrected chi connectivity index (χ4v) is 4.45. The molecule has 1 amide bonds. The van der Waals surface area contributed by atoms with Crippen LogP contribution in [0.5, 0.6) is 5.75 Å². The summed E-state index contributed by atoms with van der Waals surface area (Å²) in [5, 5.41) is 3.09. The molecule has 0 bridgehead atoms. The predicted molar refractivity (Wildman–Crippen MR) is 101 cm³/mol. The molecule has 1 unspecified atom stereocenters. The Hall–Kier alpha value is -1.37. The maximum atomic E-state index is 12.4. The highest BCUT2D eigenvalue weighted by molar-refractivity contribution is 9.11. The van der Waals surface area contributed by atoms with Gasteiger partial charge in [-0.2, -0.15) is 0 Å². The largest absolute Gasteiger partial charge is 0.496 e. The van der Waals surface area contributed by atoms with Gasteiger partial charge >= 0.3 is 0 Å². The van der Waals surface area contributed by atoms with Gasteiger partial charge in [0.25, 0.3) is 5.91 Å². The van der Waals surface area contributed by atoms with Crippen LogP contribution in [-0.4, -0.2) is 37.6 Å². The van der Waals surface area contributed by atoms with Gasteiger partial charge < -0.3 is 10.1 Å². The zero-order valence-corrected chi connectivity index (χ0v) is 16.0. The molecule has 2 heterocycles. The van der Waals surface area contributed by atoms with Crippen LogP contribution in [0, 0.1) is 0 Å². The van der Waals surface area contributed by atoms with Crippen molar-refractivity contribution in [2.24, 2.45) is 0 Å². The Kier molecular flexibility index (Phi) is 5.92. The van der Waals surface area contributed by atoms with E-state index in [9.17, 15) is 4.79 Å². The van der Waals surface area contributed by atoms with Crippen LogP contribution in [0.3, 0.4) is 0 Å². The number of carbonyl (C=O) groups excluding carboxylic acids is 1. The molecule has 1 aliphatic rings. The topological polar surface area (TPSA) is 41.6 Å². The second kappa shape index (κ2) is 8.14. The molecule has 0 radical (unpaired) electrons. The van der Waals surface area contributed by atoms with E-state index in [1.165, 1.54) is 24.2 Å². The summed E-state index contributed by atoms with van der Waals surface area (Å²) in [6.45, 7) is 2.70. The normalized spacial score (nSPS) is 16.1. The quantitative estimate of drug-likeness (QED) is 0.782. The molecular formula is C18H21BrN2O2S. The summed E-state index contributed by atoms with van der Waals surface area (Å²) in [6, 6.07) is 12.0. The molecule has 3 rings (SSSR count). The van der Waals surface area contributed by atoms with E-state index >= 15 is 0 Å². The van der Waals surface area contributed by atoms with Crippen LogP contribution in [0.2, 0.25) is 0 Å². The van der Waals surface area contributed by atoms with E-state index < -0.39 is 0 Å². The number of hydrogen-bond acceptors (Lipinski definition) is 4. The number of thiophene rings is 1. The third-order valence-corrected chi connectivity index (χ3v) is 5.95. The minimum absolute atomic E-state index is 0.0233. The number of nitrogens with one attached hydrogen (secondary N) is 1. The molecule has 2 aromatic rings. The van der Waals surface area contributed by atoms with E-state index in [2.05, 4.69) is 32.2 Å². The monoisotopic (exact) mass is 408 g/mol. The first kappa shape index (κ1) is 17.5. The molecule has 4 nitrogen and oxygen atoms in total. The zero-order valence-electron chi connectivity index (χ0n) is 13.6. The van der Waals surface area contributed by atoms with E-state index in [-0.39, 0.29) is 11.9 Å². The number of ether oxygens (including phenoxy) is 1. The van der Waals surface area contributed by atoms with Crippen LogP contribution in [0.25, 0.3) is 0 Å². The van der Waals surface area contributed by atoms with E-state index in [1.54, 1.807) is 7.11 Å². The molecule has 1 saturated heterocycles. The first-order valence-electron chi connectivity index (χ1n) is 8.09. The van der Waals surface area contributed by atoms with Crippen molar-refractivity contribution in [3.63, 3.8) is 0 Å². The zero-order chi connectivity index (χ0) is 16.9. The SMILES string of the molecule is COc1ccccc1C(CNC(=O)c1ccc(Br)s1)N1CCCC1. The Bertz CT molecular complexity index is 698. The number of hydrogen-bond donors (Lipinski definition) is 1. The van der Waals surface area contributed by atoms with Crippen LogP contribution in [0.15, 0.2) is 40.2 Å². The number of nitrogens with zero attached hydrogens (tertiary/aromatic N) is 1. The lowest BCUT2D eigenvalue weighted by Gasteiger charge is -2.29. The summed E-state index contributed by atoms with van der Waals surface area (Å²) < 4.78 is 6.50. The summed E-state index contributed by atoms with van der Waals surface area (Å²) >= 11 is 4.85. The van der Waals surface area contributed by atoms with E-state index in [4.69, 9.17) is 4.74 Å². The van der Waals surface area contributed by atoms with Gasteiger partial charge in [-0.3, -0.25) is 9.69 Å². The number of para-hydroxylation sites is 1. The average molecular weight is 409 g/mol. The number of methoxy groups -OCH3 is 1. The van der Waals surface area contributed by atoms with Crippen LogP contribution in [0.1, 0.15) is 34.1 Å². The molecule has 0 saturated carbocycles. The lowest BCUT2D eigenvalue weighted by Crippen LogP contribution is -2.36. The number of benzene rings is 1. The highest BCUT2D eigenvalue weighted by Crippen LogP contribution is 2.31. The van der Waals surface area contributed by atoms with Gasteiger partial charge in [-0.15, -0.1) is 11.3 Å². The Morgan fingerprint density at radius 1 is 1.29 bits per heavy atom. The standard InChI is InChI=1S/C18H21BrN2O2S/c1-23-15-7-3-2-6-13(15)14(21-10-4-5-11-21)12-20-18(22)16-8-9-17(19)24-16/h2-3,6-9,14H,4-5,10-12H2,1H3,(H,20,22). The molecule has 1 aromatic carbocycles. The Morgan fingerprint density at radius 3 is 2.71 bits per heavy atom. The van der Waals surface area contributed by atoms with Gasteiger partial charge in [-0.25, -0.2) is 0 Å². The molecule has 1 N–H and O–H groups in total.